The molecule has 1 N–H and O–H groups in total. The van der Waals surface area contributed by atoms with Crippen molar-refractivity contribution in [1.29, 1.82) is 0 Å². The lowest BCUT2D eigenvalue weighted by Gasteiger charge is -2.41. The highest BCUT2D eigenvalue weighted by atomic mass is 32.1. The number of fused-ring (bicyclic) bond motifs is 1. The van der Waals surface area contributed by atoms with Crippen molar-refractivity contribution in [2.24, 2.45) is 0 Å². The van der Waals surface area contributed by atoms with Crippen LogP contribution in [0, 0.1) is 0 Å². The van der Waals surface area contributed by atoms with Crippen molar-refractivity contribution in [3.8, 4) is 0 Å². The number of ether oxygens (including phenoxy) is 2. The predicted molar refractivity (Wildman–Crippen MR) is 78.8 cm³/mol. The van der Waals surface area contributed by atoms with Gasteiger partial charge in [0.15, 0.2) is 5.79 Å². The van der Waals surface area contributed by atoms with E-state index in [1.54, 1.807) is 11.3 Å². The summed E-state index contributed by atoms with van der Waals surface area (Å²) in [4.78, 5) is 0. The van der Waals surface area contributed by atoms with Crippen LogP contribution < -0.4 is 0 Å². The van der Waals surface area contributed by atoms with Crippen LogP contribution in [-0.2, 0) is 15.1 Å². The van der Waals surface area contributed by atoms with Gasteiger partial charge >= 0.3 is 0 Å². The first kappa shape index (κ1) is 12.8. The molecule has 2 fully saturated rings. The number of rotatable bonds is 1. The Balaban J connectivity index is 1.66. The molecular formula is C16H18O3S. The van der Waals surface area contributed by atoms with Crippen LogP contribution in [-0.4, -0.2) is 24.1 Å². The second-order valence-electron chi connectivity index (χ2n) is 5.78. The van der Waals surface area contributed by atoms with Crippen LogP contribution in [0.2, 0.25) is 0 Å². The summed E-state index contributed by atoms with van der Waals surface area (Å²) in [5.74, 6) is -0.421. The number of benzene rings is 1. The van der Waals surface area contributed by atoms with Crippen molar-refractivity contribution in [3.05, 3.63) is 35.2 Å². The molecule has 4 rings (SSSR count). The lowest BCUT2D eigenvalue weighted by Crippen LogP contribution is -2.42. The third-order valence-electron chi connectivity index (χ3n) is 4.63. The summed E-state index contributed by atoms with van der Waals surface area (Å²) in [5, 5.41) is 14.4. The minimum atomic E-state index is -0.745. The number of hydrogen-bond acceptors (Lipinski definition) is 4. The van der Waals surface area contributed by atoms with Crippen molar-refractivity contribution in [2.75, 3.05) is 13.2 Å². The van der Waals surface area contributed by atoms with E-state index in [4.69, 9.17) is 9.47 Å². The van der Waals surface area contributed by atoms with E-state index in [1.807, 2.05) is 6.07 Å². The number of hydrogen-bond donors (Lipinski definition) is 1. The van der Waals surface area contributed by atoms with Crippen LogP contribution in [0.4, 0.5) is 0 Å². The van der Waals surface area contributed by atoms with Gasteiger partial charge in [0, 0.05) is 23.1 Å². The normalized spacial score (nSPS) is 24.4. The van der Waals surface area contributed by atoms with E-state index in [0.29, 0.717) is 26.1 Å². The SMILES string of the molecule is OC1(c2cccc3ccsc23)CCC2(CC1)OCCO2. The molecule has 2 heterocycles. The minimum Gasteiger partial charge on any atom is -0.385 e. The largest absolute Gasteiger partial charge is 0.385 e. The maximum atomic E-state index is 11.1. The Bertz CT molecular complexity index is 617. The molecule has 0 unspecified atom stereocenters. The van der Waals surface area contributed by atoms with Crippen LogP contribution >= 0.6 is 11.3 Å². The smallest absolute Gasteiger partial charge is 0.168 e. The molecule has 1 aliphatic carbocycles. The van der Waals surface area contributed by atoms with Crippen molar-refractivity contribution >= 4 is 21.4 Å². The highest BCUT2D eigenvalue weighted by Crippen LogP contribution is 2.46. The summed E-state index contributed by atoms with van der Waals surface area (Å²) in [7, 11) is 0. The quantitative estimate of drug-likeness (QED) is 0.875. The van der Waals surface area contributed by atoms with E-state index >= 15 is 0 Å². The van der Waals surface area contributed by atoms with E-state index < -0.39 is 11.4 Å². The molecule has 1 aromatic carbocycles. The molecule has 1 aromatic heterocycles. The average Bonchev–Trinajstić information content (AvgIpc) is 3.12. The van der Waals surface area contributed by atoms with E-state index in [9.17, 15) is 5.11 Å². The first-order valence-corrected chi connectivity index (χ1v) is 8.06. The van der Waals surface area contributed by atoms with Crippen LogP contribution in [0.25, 0.3) is 10.1 Å². The number of aliphatic hydroxyl groups is 1. The molecule has 0 amide bonds. The Morgan fingerprint density at radius 3 is 2.50 bits per heavy atom. The third kappa shape index (κ3) is 1.91. The molecule has 0 atom stereocenters. The van der Waals surface area contributed by atoms with E-state index in [1.165, 1.54) is 10.1 Å². The van der Waals surface area contributed by atoms with Gasteiger partial charge in [0.25, 0.3) is 0 Å². The fraction of sp³-hybridized carbons (Fsp3) is 0.500. The van der Waals surface area contributed by atoms with Gasteiger partial charge in [-0.3, -0.25) is 0 Å². The Morgan fingerprint density at radius 2 is 1.75 bits per heavy atom. The molecule has 4 heteroatoms. The van der Waals surface area contributed by atoms with Gasteiger partial charge in [0.2, 0.25) is 0 Å². The van der Waals surface area contributed by atoms with Crippen molar-refractivity contribution in [2.45, 2.75) is 37.1 Å². The molecule has 106 valence electrons. The monoisotopic (exact) mass is 290 g/mol. The van der Waals surface area contributed by atoms with Gasteiger partial charge in [-0.1, -0.05) is 18.2 Å². The fourth-order valence-electron chi connectivity index (χ4n) is 3.46. The molecule has 0 bridgehead atoms. The van der Waals surface area contributed by atoms with Crippen LogP contribution in [0.5, 0.6) is 0 Å². The zero-order valence-electron chi connectivity index (χ0n) is 11.3. The molecule has 1 aliphatic heterocycles. The molecule has 1 saturated heterocycles. The molecule has 2 aromatic rings. The fourth-order valence-corrected chi connectivity index (χ4v) is 4.47. The van der Waals surface area contributed by atoms with Crippen LogP contribution in [0.1, 0.15) is 31.2 Å². The van der Waals surface area contributed by atoms with Crippen LogP contribution in [0.3, 0.4) is 0 Å². The van der Waals surface area contributed by atoms with E-state index in [0.717, 1.165) is 18.4 Å². The van der Waals surface area contributed by atoms with Gasteiger partial charge in [-0.2, -0.15) is 0 Å². The maximum Gasteiger partial charge on any atom is 0.168 e. The number of thiophene rings is 1. The summed E-state index contributed by atoms with van der Waals surface area (Å²) in [5.41, 5.74) is 0.322. The first-order chi connectivity index (χ1) is 9.71. The Kier molecular flexibility index (Phi) is 2.89. The van der Waals surface area contributed by atoms with Gasteiger partial charge in [-0.25, -0.2) is 0 Å². The topological polar surface area (TPSA) is 38.7 Å². The van der Waals surface area contributed by atoms with E-state index in [2.05, 4.69) is 23.6 Å². The first-order valence-electron chi connectivity index (χ1n) is 7.18. The predicted octanol–water partition coefficient (Wildman–Crippen LogP) is 3.41. The molecule has 3 nitrogen and oxygen atoms in total. The van der Waals surface area contributed by atoms with Crippen LogP contribution in [0.15, 0.2) is 29.6 Å². The molecule has 1 spiro atoms. The Hall–Kier alpha value is -0.940. The van der Waals surface area contributed by atoms with Gasteiger partial charge in [-0.15, -0.1) is 11.3 Å². The summed E-state index contributed by atoms with van der Waals surface area (Å²) in [6.45, 7) is 1.36. The van der Waals surface area contributed by atoms with Crippen molar-refractivity contribution < 1.29 is 14.6 Å². The van der Waals surface area contributed by atoms with Gasteiger partial charge in [0.05, 0.1) is 18.8 Å². The summed E-state index contributed by atoms with van der Waals surface area (Å²) >= 11 is 1.71. The lowest BCUT2D eigenvalue weighted by molar-refractivity contribution is -0.204. The standard InChI is InChI=1S/C16H18O3S/c17-15(5-7-16(8-6-15)18-9-10-19-16)13-3-1-2-12-4-11-20-14(12)13/h1-4,11,17H,5-10H2. The van der Waals surface area contributed by atoms with E-state index in [-0.39, 0.29) is 0 Å². The second-order valence-corrected chi connectivity index (χ2v) is 6.70. The highest BCUT2D eigenvalue weighted by Gasteiger charge is 2.46. The maximum absolute atomic E-state index is 11.1. The zero-order chi connectivity index (χ0) is 13.6. The van der Waals surface area contributed by atoms with Gasteiger partial charge in [-0.05, 0) is 29.7 Å². The summed E-state index contributed by atoms with van der Waals surface area (Å²) < 4.78 is 12.7. The third-order valence-corrected chi connectivity index (χ3v) is 5.60. The minimum absolute atomic E-state index is 0.421. The molecule has 0 radical (unpaired) electrons. The van der Waals surface area contributed by atoms with Crippen molar-refractivity contribution in [1.82, 2.24) is 0 Å². The Labute approximate surface area is 122 Å². The highest BCUT2D eigenvalue weighted by molar-refractivity contribution is 7.17. The average molecular weight is 290 g/mol. The molecule has 20 heavy (non-hydrogen) atoms. The summed E-state index contributed by atoms with van der Waals surface area (Å²) in [6, 6.07) is 8.31. The Morgan fingerprint density at radius 1 is 1.00 bits per heavy atom. The second kappa shape index (κ2) is 4.53. The van der Waals surface area contributed by atoms with Gasteiger partial charge < -0.3 is 14.6 Å². The lowest BCUT2D eigenvalue weighted by atomic mass is 9.77. The molecule has 2 aliphatic rings. The van der Waals surface area contributed by atoms with Gasteiger partial charge in [0.1, 0.15) is 0 Å². The molecular weight excluding hydrogens is 272 g/mol. The van der Waals surface area contributed by atoms with Crippen molar-refractivity contribution in [3.63, 3.8) is 0 Å². The zero-order valence-corrected chi connectivity index (χ0v) is 12.1. The molecule has 1 saturated carbocycles. The summed E-state index contributed by atoms with van der Waals surface area (Å²) in [6.07, 6.45) is 2.94.